The van der Waals surface area contributed by atoms with Gasteiger partial charge in [0.15, 0.2) is 0 Å². The van der Waals surface area contributed by atoms with Crippen LogP contribution in [0, 0.1) is 17.8 Å². The van der Waals surface area contributed by atoms with Crippen LogP contribution in [0.25, 0.3) is 0 Å². The number of fused-ring (bicyclic) bond motifs is 2. The van der Waals surface area contributed by atoms with E-state index in [1.165, 1.54) is 0 Å². The van der Waals surface area contributed by atoms with Crippen molar-refractivity contribution in [1.82, 2.24) is 10.2 Å². The number of hydrogen-bond acceptors (Lipinski definition) is 3. The van der Waals surface area contributed by atoms with Gasteiger partial charge in [0.05, 0.1) is 12.0 Å². The maximum Gasteiger partial charge on any atom is 0.227 e. The van der Waals surface area contributed by atoms with Crippen LogP contribution in [0.4, 0.5) is 0 Å². The van der Waals surface area contributed by atoms with Crippen LogP contribution in [0.2, 0.25) is 0 Å². The van der Waals surface area contributed by atoms with Gasteiger partial charge in [-0.25, -0.2) is 0 Å². The highest BCUT2D eigenvalue weighted by Gasteiger charge is 2.47. The molecule has 0 spiro atoms. The van der Waals surface area contributed by atoms with E-state index in [9.17, 15) is 9.90 Å². The topological polar surface area (TPSA) is 52.6 Å². The highest BCUT2D eigenvalue weighted by atomic mass is 16.3. The van der Waals surface area contributed by atoms with Gasteiger partial charge in [0.1, 0.15) is 0 Å². The molecule has 3 aliphatic heterocycles. The van der Waals surface area contributed by atoms with Gasteiger partial charge < -0.3 is 15.3 Å². The van der Waals surface area contributed by atoms with E-state index in [1.54, 1.807) is 0 Å². The van der Waals surface area contributed by atoms with E-state index >= 15 is 0 Å². The molecule has 0 radical (unpaired) electrons. The molecular weight excluding hydrogens is 192 g/mol. The first-order valence-electron chi connectivity index (χ1n) is 5.93. The Morgan fingerprint density at radius 3 is 2.60 bits per heavy atom. The minimum atomic E-state index is -0.129. The van der Waals surface area contributed by atoms with Gasteiger partial charge in [-0.05, 0) is 19.4 Å². The fourth-order valence-electron chi connectivity index (χ4n) is 3.17. The number of amides is 1. The first kappa shape index (κ1) is 9.60. The van der Waals surface area contributed by atoms with Crippen LogP contribution in [0.3, 0.4) is 0 Å². The van der Waals surface area contributed by atoms with Gasteiger partial charge in [-0.1, -0.05) is 0 Å². The summed E-state index contributed by atoms with van der Waals surface area (Å²) in [6.07, 6.45) is 1.97. The molecule has 1 amide bonds. The van der Waals surface area contributed by atoms with Gasteiger partial charge in [-0.3, -0.25) is 4.79 Å². The normalized spacial score (nSPS) is 43.9. The van der Waals surface area contributed by atoms with Crippen LogP contribution in [0.15, 0.2) is 0 Å². The fourth-order valence-corrected chi connectivity index (χ4v) is 3.17. The summed E-state index contributed by atoms with van der Waals surface area (Å²) in [5, 5.41) is 12.9. The zero-order valence-corrected chi connectivity index (χ0v) is 8.85. The lowest BCUT2D eigenvalue weighted by molar-refractivity contribution is -0.153. The van der Waals surface area contributed by atoms with E-state index in [0.29, 0.717) is 17.7 Å². The number of rotatable bonds is 1. The Hall–Kier alpha value is -0.610. The number of nitrogens with one attached hydrogen (secondary N) is 1. The van der Waals surface area contributed by atoms with Crippen LogP contribution in [-0.2, 0) is 4.79 Å². The smallest absolute Gasteiger partial charge is 0.227 e. The molecular formula is C11H18N2O2. The molecule has 0 aromatic heterocycles. The third kappa shape index (κ3) is 1.47. The second-order valence-electron chi connectivity index (χ2n) is 5.18. The number of hydrogen-bond donors (Lipinski definition) is 2. The number of aliphatic hydroxyl groups is 1. The van der Waals surface area contributed by atoms with Crippen LogP contribution in [0.1, 0.15) is 12.8 Å². The number of nitrogens with zero attached hydrogens (tertiary/aromatic N) is 1. The lowest BCUT2D eigenvalue weighted by Gasteiger charge is -2.51. The molecule has 4 rings (SSSR count). The van der Waals surface area contributed by atoms with Crippen molar-refractivity contribution in [3.05, 3.63) is 0 Å². The van der Waals surface area contributed by atoms with Crippen LogP contribution < -0.4 is 5.32 Å². The van der Waals surface area contributed by atoms with Crippen LogP contribution in [0.5, 0.6) is 0 Å². The van der Waals surface area contributed by atoms with Crippen molar-refractivity contribution in [2.45, 2.75) is 18.9 Å². The van der Waals surface area contributed by atoms with E-state index in [0.717, 1.165) is 39.0 Å². The summed E-state index contributed by atoms with van der Waals surface area (Å²) in [7, 11) is 0. The Kier molecular flexibility index (Phi) is 2.21. The van der Waals surface area contributed by atoms with E-state index in [1.807, 2.05) is 4.90 Å². The van der Waals surface area contributed by atoms with Crippen LogP contribution in [-0.4, -0.2) is 48.2 Å². The third-order valence-corrected chi connectivity index (χ3v) is 4.20. The summed E-state index contributed by atoms with van der Waals surface area (Å²) in [6.45, 7) is 3.38. The summed E-state index contributed by atoms with van der Waals surface area (Å²) in [5.74, 6) is 1.23. The summed E-state index contributed by atoms with van der Waals surface area (Å²) in [4.78, 5) is 14.1. The maximum absolute atomic E-state index is 12.1. The molecule has 0 aromatic rings. The first-order valence-corrected chi connectivity index (χ1v) is 5.93. The molecule has 4 fully saturated rings. The average molecular weight is 210 g/mol. The van der Waals surface area contributed by atoms with E-state index < -0.39 is 0 Å². The lowest BCUT2D eigenvalue weighted by Crippen LogP contribution is -2.60. The van der Waals surface area contributed by atoms with Gasteiger partial charge >= 0.3 is 0 Å². The summed E-state index contributed by atoms with van der Waals surface area (Å²) in [5.41, 5.74) is 0. The van der Waals surface area contributed by atoms with Gasteiger partial charge in [0.2, 0.25) is 5.91 Å². The highest BCUT2D eigenvalue weighted by molar-refractivity contribution is 5.79. The van der Waals surface area contributed by atoms with E-state index in [4.69, 9.17) is 0 Å². The van der Waals surface area contributed by atoms with Crippen molar-refractivity contribution in [2.75, 3.05) is 26.2 Å². The van der Waals surface area contributed by atoms with Gasteiger partial charge in [0.25, 0.3) is 0 Å². The standard InChI is InChI=1S/C11H18N2O2/c14-10-8-3-9(10)6-13(5-8)11(15)7-1-2-12-4-7/h7-10,12,14H,1-6H2. The summed E-state index contributed by atoms with van der Waals surface area (Å²) < 4.78 is 0. The van der Waals surface area contributed by atoms with Crippen molar-refractivity contribution in [1.29, 1.82) is 0 Å². The highest BCUT2D eigenvalue weighted by Crippen LogP contribution is 2.40. The van der Waals surface area contributed by atoms with Crippen molar-refractivity contribution < 1.29 is 9.90 Å². The minimum Gasteiger partial charge on any atom is -0.392 e. The van der Waals surface area contributed by atoms with Gasteiger partial charge in [0, 0.05) is 31.5 Å². The number of aliphatic hydroxyl groups excluding tert-OH is 1. The SMILES string of the molecule is O=C(C1CCNC1)N1CC2CC(C1)C2O. The molecule has 2 bridgehead atoms. The molecule has 4 aliphatic rings. The Morgan fingerprint density at radius 2 is 2.07 bits per heavy atom. The Balaban J connectivity index is 1.61. The lowest BCUT2D eigenvalue weighted by atomic mass is 9.68. The minimum absolute atomic E-state index is 0.129. The molecule has 4 heteroatoms. The zero-order valence-electron chi connectivity index (χ0n) is 8.85. The fraction of sp³-hybridized carbons (Fsp3) is 0.909. The average Bonchev–Trinajstić information content (AvgIpc) is 2.81. The molecule has 0 aromatic carbocycles. The molecule has 2 N–H and O–H groups in total. The predicted molar refractivity (Wildman–Crippen MR) is 55.2 cm³/mol. The zero-order chi connectivity index (χ0) is 10.4. The Labute approximate surface area is 89.6 Å². The first-order chi connectivity index (χ1) is 7.25. The molecule has 84 valence electrons. The van der Waals surface area contributed by atoms with Gasteiger partial charge in [-0.15, -0.1) is 0 Å². The summed E-state index contributed by atoms with van der Waals surface area (Å²) in [6, 6.07) is 0. The second-order valence-corrected chi connectivity index (χ2v) is 5.18. The van der Waals surface area contributed by atoms with Crippen molar-refractivity contribution >= 4 is 5.91 Å². The molecule has 3 unspecified atom stereocenters. The maximum atomic E-state index is 12.1. The third-order valence-electron chi connectivity index (χ3n) is 4.20. The van der Waals surface area contributed by atoms with Crippen LogP contribution >= 0.6 is 0 Å². The van der Waals surface area contributed by atoms with Gasteiger partial charge in [-0.2, -0.15) is 0 Å². The molecule has 1 aliphatic carbocycles. The molecule has 3 heterocycles. The monoisotopic (exact) mass is 210 g/mol. The molecule has 3 atom stereocenters. The number of carbonyl (C=O) groups is 1. The number of carbonyl (C=O) groups excluding carboxylic acids is 1. The molecule has 3 saturated heterocycles. The molecule has 4 nitrogen and oxygen atoms in total. The molecule has 1 saturated carbocycles. The quantitative estimate of drug-likeness (QED) is 0.610. The largest absolute Gasteiger partial charge is 0.392 e. The van der Waals surface area contributed by atoms with E-state index in [2.05, 4.69) is 5.32 Å². The number of piperidine rings is 2. The predicted octanol–water partition coefficient (Wildman–Crippen LogP) is -0.565. The Bertz CT molecular complexity index is 264. The Morgan fingerprint density at radius 1 is 1.33 bits per heavy atom. The van der Waals surface area contributed by atoms with Crippen molar-refractivity contribution in [3.63, 3.8) is 0 Å². The summed E-state index contributed by atoms with van der Waals surface area (Å²) >= 11 is 0. The second kappa shape index (κ2) is 3.46. The van der Waals surface area contributed by atoms with Crippen molar-refractivity contribution in [2.24, 2.45) is 17.8 Å². The molecule has 15 heavy (non-hydrogen) atoms. The van der Waals surface area contributed by atoms with Crippen molar-refractivity contribution in [3.8, 4) is 0 Å². The van der Waals surface area contributed by atoms with E-state index in [-0.39, 0.29) is 12.0 Å².